The van der Waals surface area contributed by atoms with Crippen LogP contribution in [0.2, 0.25) is 0 Å². The fourth-order valence-corrected chi connectivity index (χ4v) is 2.90. The van der Waals surface area contributed by atoms with Crippen LogP contribution in [0.15, 0.2) is 36.4 Å². The van der Waals surface area contributed by atoms with Crippen molar-refractivity contribution in [3.05, 3.63) is 58.7 Å². The van der Waals surface area contributed by atoms with E-state index < -0.39 is 10.0 Å². The Labute approximate surface area is 143 Å². The number of amides is 1. The zero-order valence-corrected chi connectivity index (χ0v) is 15.4. The van der Waals surface area contributed by atoms with Gasteiger partial charge in [-0.25, -0.2) is 8.42 Å². The maximum Gasteiger partial charge on any atom is 0.255 e. The number of carbonyl (C=O) groups is 1. The van der Waals surface area contributed by atoms with Crippen LogP contribution in [0.1, 0.15) is 27.0 Å². The molecule has 0 fully saturated rings. The normalized spacial score (nSPS) is 11.2. The van der Waals surface area contributed by atoms with Gasteiger partial charge >= 0.3 is 0 Å². The van der Waals surface area contributed by atoms with E-state index >= 15 is 0 Å². The lowest BCUT2D eigenvalue weighted by atomic mass is 10.1. The van der Waals surface area contributed by atoms with Gasteiger partial charge in [0.25, 0.3) is 5.91 Å². The van der Waals surface area contributed by atoms with Gasteiger partial charge in [-0.1, -0.05) is 18.2 Å². The Hall–Kier alpha value is -2.34. The lowest BCUT2D eigenvalue weighted by Gasteiger charge is -2.20. The van der Waals surface area contributed by atoms with Gasteiger partial charge in [-0.05, 0) is 55.7 Å². The van der Waals surface area contributed by atoms with Crippen molar-refractivity contribution in [1.82, 2.24) is 0 Å². The summed E-state index contributed by atoms with van der Waals surface area (Å²) in [5, 5.41) is 2.88. The molecule has 6 heteroatoms. The zero-order valence-electron chi connectivity index (χ0n) is 14.5. The Balaban J connectivity index is 2.36. The summed E-state index contributed by atoms with van der Waals surface area (Å²) in [7, 11) is -1.91. The molecule has 0 bridgehead atoms. The Morgan fingerprint density at radius 1 is 1.04 bits per heavy atom. The van der Waals surface area contributed by atoms with E-state index in [0.29, 0.717) is 11.3 Å². The number of sulfonamides is 1. The molecule has 0 spiro atoms. The fraction of sp³-hybridized carbons (Fsp3) is 0.278. The highest BCUT2D eigenvalue weighted by Gasteiger charge is 2.17. The number of hydrogen-bond acceptors (Lipinski definition) is 3. The van der Waals surface area contributed by atoms with Gasteiger partial charge in [-0.2, -0.15) is 0 Å². The molecule has 5 nitrogen and oxygen atoms in total. The van der Waals surface area contributed by atoms with Crippen LogP contribution in [0.5, 0.6) is 0 Å². The number of benzene rings is 2. The molecule has 0 heterocycles. The third kappa shape index (κ3) is 3.76. The predicted molar refractivity (Wildman–Crippen MR) is 98.3 cm³/mol. The standard InChI is InChI=1S/C18H22N2O3S/c1-12-7-6-8-16(14(12)3)19-18(21)15-10-9-13(2)17(11-15)20(4)24(5,22)23/h6-11H,1-5H3,(H,19,21). The van der Waals surface area contributed by atoms with Crippen LogP contribution in [0.25, 0.3) is 0 Å². The van der Waals surface area contributed by atoms with Crippen LogP contribution in [-0.2, 0) is 10.0 Å². The molecule has 0 radical (unpaired) electrons. The predicted octanol–water partition coefficient (Wildman–Crippen LogP) is 3.26. The van der Waals surface area contributed by atoms with Gasteiger partial charge in [0, 0.05) is 18.3 Å². The van der Waals surface area contributed by atoms with Crippen molar-refractivity contribution in [2.24, 2.45) is 0 Å². The fourth-order valence-electron chi connectivity index (χ4n) is 2.35. The molecule has 24 heavy (non-hydrogen) atoms. The first kappa shape index (κ1) is 18.0. The number of rotatable bonds is 4. The first-order chi connectivity index (χ1) is 11.1. The summed E-state index contributed by atoms with van der Waals surface area (Å²) in [6.07, 6.45) is 1.13. The molecule has 0 saturated carbocycles. The van der Waals surface area contributed by atoms with Gasteiger partial charge in [0.2, 0.25) is 10.0 Å². The van der Waals surface area contributed by atoms with Crippen LogP contribution in [0.3, 0.4) is 0 Å². The Bertz CT molecular complexity index is 889. The maximum absolute atomic E-state index is 12.5. The van der Waals surface area contributed by atoms with E-state index in [0.717, 1.165) is 28.6 Å². The molecule has 0 aromatic heterocycles. The summed E-state index contributed by atoms with van der Waals surface area (Å²) in [5.41, 5.74) is 4.53. The summed E-state index contributed by atoms with van der Waals surface area (Å²) in [6, 6.07) is 10.7. The second-order valence-corrected chi connectivity index (χ2v) is 7.95. The molecule has 0 unspecified atom stereocenters. The second kappa shape index (κ2) is 6.65. The first-order valence-electron chi connectivity index (χ1n) is 7.53. The SMILES string of the molecule is Cc1ccc(C(=O)Nc2cccc(C)c2C)cc1N(C)S(C)(=O)=O. The first-order valence-corrected chi connectivity index (χ1v) is 9.38. The molecule has 1 N–H and O–H groups in total. The highest BCUT2D eigenvalue weighted by Crippen LogP contribution is 2.24. The van der Waals surface area contributed by atoms with Crippen molar-refractivity contribution in [2.75, 3.05) is 22.9 Å². The second-order valence-electron chi connectivity index (χ2n) is 5.93. The van der Waals surface area contributed by atoms with Gasteiger partial charge in [0.05, 0.1) is 11.9 Å². The van der Waals surface area contributed by atoms with Crippen molar-refractivity contribution in [3.63, 3.8) is 0 Å². The molecular weight excluding hydrogens is 324 g/mol. The third-order valence-corrected chi connectivity index (χ3v) is 5.35. The molecule has 0 aliphatic rings. The highest BCUT2D eigenvalue weighted by molar-refractivity contribution is 7.92. The number of carbonyl (C=O) groups excluding carboxylic acids is 1. The maximum atomic E-state index is 12.5. The summed E-state index contributed by atoms with van der Waals surface area (Å²) in [5.74, 6) is -0.271. The minimum Gasteiger partial charge on any atom is -0.322 e. The molecule has 2 aromatic carbocycles. The molecular formula is C18H22N2O3S. The van der Waals surface area contributed by atoms with Crippen LogP contribution in [0, 0.1) is 20.8 Å². The largest absolute Gasteiger partial charge is 0.322 e. The average Bonchev–Trinajstić information content (AvgIpc) is 2.50. The summed E-state index contributed by atoms with van der Waals surface area (Å²) < 4.78 is 24.7. The molecule has 128 valence electrons. The van der Waals surface area contributed by atoms with Gasteiger partial charge in [-0.15, -0.1) is 0 Å². The molecule has 0 atom stereocenters. The minimum atomic E-state index is -3.39. The van der Waals surface area contributed by atoms with Crippen LogP contribution < -0.4 is 9.62 Å². The van der Waals surface area contributed by atoms with E-state index in [-0.39, 0.29) is 5.91 Å². The van der Waals surface area contributed by atoms with Crippen LogP contribution >= 0.6 is 0 Å². The summed E-state index contributed by atoms with van der Waals surface area (Å²) in [6.45, 7) is 5.74. The van der Waals surface area contributed by atoms with Crippen molar-refractivity contribution >= 4 is 27.3 Å². The van der Waals surface area contributed by atoms with Crippen LogP contribution in [0.4, 0.5) is 11.4 Å². The van der Waals surface area contributed by atoms with E-state index in [1.165, 1.54) is 11.4 Å². The van der Waals surface area contributed by atoms with E-state index in [1.807, 2.05) is 39.0 Å². The van der Waals surface area contributed by atoms with Gasteiger partial charge in [-0.3, -0.25) is 9.10 Å². The minimum absolute atomic E-state index is 0.271. The number of nitrogens with one attached hydrogen (secondary N) is 1. The molecule has 1 amide bonds. The van der Waals surface area contributed by atoms with Crippen molar-refractivity contribution < 1.29 is 13.2 Å². The monoisotopic (exact) mass is 346 g/mol. The van der Waals surface area contributed by atoms with Crippen molar-refractivity contribution in [1.29, 1.82) is 0 Å². The Kier molecular flexibility index (Phi) is 4.99. The van der Waals surface area contributed by atoms with Crippen LogP contribution in [-0.4, -0.2) is 27.6 Å². The van der Waals surface area contributed by atoms with E-state index in [1.54, 1.807) is 18.2 Å². The quantitative estimate of drug-likeness (QED) is 0.924. The zero-order chi connectivity index (χ0) is 18.1. The van der Waals surface area contributed by atoms with E-state index in [4.69, 9.17) is 0 Å². The van der Waals surface area contributed by atoms with Gasteiger partial charge in [0.1, 0.15) is 0 Å². The van der Waals surface area contributed by atoms with Crippen molar-refractivity contribution in [3.8, 4) is 0 Å². The van der Waals surface area contributed by atoms with Gasteiger partial charge < -0.3 is 5.32 Å². The van der Waals surface area contributed by atoms with Crippen molar-refractivity contribution in [2.45, 2.75) is 20.8 Å². The number of aryl methyl sites for hydroxylation is 2. The smallest absolute Gasteiger partial charge is 0.255 e. The molecule has 0 aliphatic heterocycles. The molecule has 2 rings (SSSR count). The summed E-state index contributed by atoms with van der Waals surface area (Å²) >= 11 is 0. The molecule has 0 aliphatic carbocycles. The third-order valence-electron chi connectivity index (χ3n) is 4.16. The number of hydrogen-bond donors (Lipinski definition) is 1. The van der Waals surface area contributed by atoms with E-state index in [9.17, 15) is 13.2 Å². The van der Waals surface area contributed by atoms with E-state index in [2.05, 4.69) is 5.32 Å². The number of nitrogens with zero attached hydrogens (tertiary/aromatic N) is 1. The number of anilines is 2. The Morgan fingerprint density at radius 2 is 1.71 bits per heavy atom. The Morgan fingerprint density at radius 3 is 2.33 bits per heavy atom. The molecule has 2 aromatic rings. The average molecular weight is 346 g/mol. The lowest BCUT2D eigenvalue weighted by molar-refractivity contribution is 0.102. The highest BCUT2D eigenvalue weighted by atomic mass is 32.2. The topological polar surface area (TPSA) is 66.5 Å². The lowest BCUT2D eigenvalue weighted by Crippen LogP contribution is -2.26. The van der Waals surface area contributed by atoms with Gasteiger partial charge in [0.15, 0.2) is 0 Å². The molecule has 0 saturated heterocycles. The summed E-state index contributed by atoms with van der Waals surface area (Å²) in [4.78, 5) is 12.5.